The topological polar surface area (TPSA) is 64.6 Å². The van der Waals surface area contributed by atoms with E-state index in [4.69, 9.17) is 9.47 Å². The molecule has 1 aliphatic rings. The second-order valence-electron chi connectivity index (χ2n) is 5.97. The number of amides is 1. The Morgan fingerprint density at radius 1 is 1.22 bits per heavy atom. The number of carbonyl (C=O) groups excluding carboxylic acids is 2. The van der Waals surface area contributed by atoms with Crippen molar-refractivity contribution in [2.75, 3.05) is 7.11 Å². The molecule has 1 atom stereocenters. The van der Waals surface area contributed by atoms with Gasteiger partial charge in [0.1, 0.15) is 5.75 Å². The summed E-state index contributed by atoms with van der Waals surface area (Å²) in [6, 6.07) is 7.80. The Labute approximate surface area is 137 Å². The van der Waals surface area contributed by atoms with Crippen molar-refractivity contribution < 1.29 is 19.1 Å². The van der Waals surface area contributed by atoms with Crippen molar-refractivity contribution >= 4 is 11.9 Å². The van der Waals surface area contributed by atoms with Crippen LogP contribution in [0.5, 0.6) is 5.75 Å². The van der Waals surface area contributed by atoms with Gasteiger partial charge in [0.15, 0.2) is 6.10 Å². The van der Waals surface area contributed by atoms with Crippen molar-refractivity contribution in [3.63, 3.8) is 0 Å². The molecule has 0 aliphatic heterocycles. The lowest BCUT2D eigenvalue weighted by atomic mass is 10.1. The number of hydrogen-bond acceptors (Lipinski definition) is 4. The van der Waals surface area contributed by atoms with Gasteiger partial charge in [-0.05, 0) is 43.9 Å². The predicted octanol–water partition coefficient (Wildman–Crippen LogP) is 2.62. The number of rotatable bonds is 7. The van der Waals surface area contributed by atoms with E-state index in [1.165, 1.54) is 0 Å². The van der Waals surface area contributed by atoms with E-state index in [1.54, 1.807) is 14.0 Å². The Hall–Kier alpha value is -2.04. The average Bonchev–Trinajstić information content (AvgIpc) is 3.06. The molecule has 1 aromatic rings. The lowest BCUT2D eigenvalue weighted by Crippen LogP contribution is -2.40. The smallest absolute Gasteiger partial charge is 0.306 e. The molecule has 5 nitrogen and oxygen atoms in total. The van der Waals surface area contributed by atoms with Gasteiger partial charge in [-0.3, -0.25) is 9.59 Å². The molecular formula is C18H25NO4. The largest absolute Gasteiger partial charge is 0.497 e. The Bertz CT molecular complexity index is 520. The maximum Gasteiger partial charge on any atom is 0.306 e. The number of nitrogens with one attached hydrogen (secondary N) is 1. The molecule has 0 aromatic heterocycles. The van der Waals surface area contributed by atoms with Crippen LogP contribution in [0.3, 0.4) is 0 Å². The highest BCUT2D eigenvalue weighted by atomic mass is 16.5. The predicted molar refractivity (Wildman–Crippen MR) is 87.3 cm³/mol. The summed E-state index contributed by atoms with van der Waals surface area (Å²) in [5.41, 5.74) is 1.03. The van der Waals surface area contributed by atoms with Gasteiger partial charge in [0, 0.05) is 12.5 Å². The van der Waals surface area contributed by atoms with Gasteiger partial charge in [0.05, 0.1) is 7.11 Å². The number of hydrogen-bond donors (Lipinski definition) is 1. The zero-order valence-corrected chi connectivity index (χ0v) is 13.8. The van der Waals surface area contributed by atoms with Crippen LogP contribution in [-0.4, -0.2) is 31.1 Å². The second-order valence-corrected chi connectivity index (χ2v) is 5.97. The molecule has 1 amide bonds. The van der Waals surface area contributed by atoms with Crippen molar-refractivity contribution in [3.8, 4) is 5.75 Å². The fraction of sp³-hybridized carbons (Fsp3) is 0.556. The van der Waals surface area contributed by atoms with Gasteiger partial charge in [-0.25, -0.2) is 0 Å². The lowest BCUT2D eigenvalue weighted by molar-refractivity contribution is -0.155. The average molecular weight is 319 g/mol. The Balaban J connectivity index is 1.71. The summed E-state index contributed by atoms with van der Waals surface area (Å²) in [6.45, 7) is 1.62. The van der Waals surface area contributed by atoms with Gasteiger partial charge in [0.2, 0.25) is 0 Å². The van der Waals surface area contributed by atoms with Crippen LogP contribution in [0.2, 0.25) is 0 Å². The molecule has 2 rings (SSSR count). The van der Waals surface area contributed by atoms with Gasteiger partial charge in [-0.2, -0.15) is 0 Å². The van der Waals surface area contributed by atoms with Crippen LogP contribution in [0.1, 0.15) is 44.6 Å². The van der Waals surface area contributed by atoms with Crippen LogP contribution in [0.15, 0.2) is 24.3 Å². The quantitative estimate of drug-likeness (QED) is 0.785. The summed E-state index contributed by atoms with van der Waals surface area (Å²) in [6.07, 6.45) is 4.45. The van der Waals surface area contributed by atoms with Crippen molar-refractivity contribution in [1.82, 2.24) is 5.32 Å². The van der Waals surface area contributed by atoms with Crippen LogP contribution in [-0.2, 0) is 20.7 Å². The normalized spacial score (nSPS) is 15.9. The molecule has 1 N–H and O–H groups in total. The first-order valence-corrected chi connectivity index (χ1v) is 8.21. The number of ether oxygens (including phenoxy) is 2. The van der Waals surface area contributed by atoms with Crippen LogP contribution in [0, 0.1) is 0 Å². The number of benzene rings is 1. The fourth-order valence-electron chi connectivity index (χ4n) is 2.74. The number of carbonyl (C=O) groups is 2. The van der Waals surface area contributed by atoms with Gasteiger partial charge < -0.3 is 14.8 Å². The molecule has 0 unspecified atom stereocenters. The molecule has 1 aromatic carbocycles. The third-order valence-electron chi connectivity index (χ3n) is 4.16. The van der Waals surface area contributed by atoms with E-state index in [0.29, 0.717) is 6.42 Å². The third kappa shape index (κ3) is 5.58. The highest BCUT2D eigenvalue weighted by molar-refractivity contribution is 5.83. The standard InChI is InChI=1S/C18H25NO4/c1-13(18(21)19-15-5-3-4-6-15)23-17(20)12-9-14-7-10-16(22-2)11-8-14/h7-8,10-11,13,15H,3-6,9,12H2,1-2H3,(H,19,21)/t13-/m0/s1. The Morgan fingerprint density at radius 3 is 2.48 bits per heavy atom. The highest BCUT2D eigenvalue weighted by Gasteiger charge is 2.22. The first-order valence-electron chi connectivity index (χ1n) is 8.21. The fourth-order valence-corrected chi connectivity index (χ4v) is 2.74. The van der Waals surface area contributed by atoms with E-state index in [1.807, 2.05) is 24.3 Å². The zero-order valence-electron chi connectivity index (χ0n) is 13.8. The van der Waals surface area contributed by atoms with Crippen molar-refractivity contribution in [2.24, 2.45) is 0 Å². The van der Waals surface area contributed by atoms with Gasteiger partial charge in [0.25, 0.3) is 5.91 Å². The van der Waals surface area contributed by atoms with E-state index in [0.717, 1.165) is 37.0 Å². The Morgan fingerprint density at radius 2 is 1.87 bits per heavy atom. The minimum absolute atomic E-state index is 0.199. The number of methoxy groups -OCH3 is 1. The minimum Gasteiger partial charge on any atom is -0.497 e. The molecule has 126 valence electrons. The molecule has 1 aliphatic carbocycles. The Kier molecular flexibility index (Phi) is 6.44. The van der Waals surface area contributed by atoms with Crippen LogP contribution in [0.4, 0.5) is 0 Å². The van der Waals surface area contributed by atoms with E-state index in [-0.39, 0.29) is 24.3 Å². The third-order valence-corrected chi connectivity index (χ3v) is 4.16. The van der Waals surface area contributed by atoms with Gasteiger partial charge >= 0.3 is 5.97 Å². The lowest BCUT2D eigenvalue weighted by Gasteiger charge is -2.17. The van der Waals surface area contributed by atoms with Crippen LogP contribution in [0.25, 0.3) is 0 Å². The maximum absolute atomic E-state index is 12.0. The van der Waals surface area contributed by atoms with Crippen LogP contribution < -0.4 is 10.1 Å². The summed E-state index contributed by atoms with van der Waals surface area (Å²) >= 11 is 0. The highest BCUT2D eigenvalue weighted by Crippen LogP contribution is 2.18. The molecule has 0 spiro atoms. The van der Waals surface area contributed by atoms with Gasteiger partial charge in [-0.1, -0.05) is 25.0 Å². The summed E-state index contributed by atoms with van der Waals surface area (Å²) in [5, 5.41) is 2.94. The summed E-state index contributed by atoms with van der Waals surface area (Å²) in [7, 11) is 1.62. The molecule has 0 bridgehead atoms. The first-order chi connectivity index (χ1) is 11.1. The summed E-state index contributed by atoms with van der Waals surface area (Å²) in [5.74, 6) is 0.234. The van der Waals surface area contributed by atoms with E-state index < -0.39 is 6.10 Å². The molecule has 23 heavy (non-hydrogen) atoms. The molecule has 1 saturated carbocycles. The molecule has 0 heterocycles. The van der Waals surface area contributed by atoms with E-state index in [2.05, 4.69) is 5.32 Å². The molecule has 1 fully saturated rings. The van der Waals surface area contributed by atoms with Gasteiger partial charge in [-0.15, -0.1) is 0 Å². The number of aryl methyl sites for hydroxylation is 1. The van der Waals surface area contributed by atoms with E-state index >= 15 is 0 Å². The molecular weight excluding hydrogens is 294 g/mol. The summed E-state index contributed by atoms with van der Waals surface area (Å²) in [4.78, 5) is 23.8. The van der Waals surface area contributed by atoms with Crippen molar-refractivity contribution in [1.29, 1.82) is 0 Å². The SMILES string of the molecule is COc1ccc(CCC(=O)O[C@@H](C)C(=O)NC2CCCC2)cc1. The number of esters is 1. The second kappa shape index (κ2) is 8.56. The summed E-state index contributed by atoms with van der Waals surface area (Å²) < 4.78 is 10.3. The van der Waals surface area contributed by atoms with Crippen molar-refractivity contribution in [3.05, 3.63) is 29.8 Å². The van der Waals surface area contributed by atoms with Crippen molar-refractivity contribution in [2.45, 2.75) is 57.6 Å². The van der Waals surface area contributed by atoms with E-state index in [9.17, 15) is 9.59 Å². The maximum atomic E-state index is 12.0. The molecule has 0 radical (unpaired) electrons. The minimum atomic E-state index is -0.737. The van der Waals surface area contributed by atoms with Crippen LogP contribution >= 0.6 is 0 Å². The molecule has 0 saturated heterocycles. The zero-order chi connectivity index (χ0) is 16.7. The monoisotopic (exact) mass is 319 g/mol. The molecule has 5 heteroatoms. The first kappa shape index (κ1) is 17.3.